The van der Waals surface area contributed by atoms with Crippen LogP contribution in [0.25, 0.3) is 21.9 Å². The number of imidazole rings is 1. The van der Waals surface area contributed by atoms with Crippen LogP contribution in [0.1, 0.15) is 26.6 Å². The normalized spacial score (nSPS) is 14.8. The van der Waals surface area contributed by atoms with E-state index in [0.717, 1.165) is 28.9 Å². The Morgan fingerprint density at radius 2 is 2.03 bits per heavy atom. The Morgan fingerprint density at radius 3 is 2.74 bits per heavy atom. The van der Waals surface area contributed by atoms with Crippen LogP contribution in [-0.4, -0.2) is 64.9 Å². The Labute approximate surface area is 205 Å². The number of nitrogens with two attached hydrogens (primary N) is 1. The van der Waals surface area contributed by atoms with Crippen LogP contribution >= 0.6 is 0 Å². The predicted octanol–water partition coefficient (Wildman–Crippen LogP) is 3.46. The summed E-state index contributed by atoms with van der Waals surface area (Å²) in [5.74, 6) is 2.63. The molecule has 1 amide bonds. The molecule has 9 heteroatoms. The maximum atomic E-state index is 12.4. The number of aromatic nitrogens is 3. The molecule has 2 aromatic heterocycles. The molecule has 1 saturated heterocycles. The van der Waals surface area contributed by atoms with Gasteiger partial charge in [-0.1, -0.05) is 13.0 Å². The Kier molecular flexibility index (Phi) is 7.87. The molecule has 0 atom stereocenters. The number of aryl methyl sites for hydroxylation is 1. The first-order valence-electron chi connectivity index (χ1n) is 12.0. The van der Waals surface area contributed by atoms with Crippen molar-refractivity contribution < 1.29 is 19.0 Å². The fraction of sp³-hybridized carbons (Fsp3) is 0.423. The maximum Gasteiger partial charge on any atom is 0.260 e. The largest absolute Gasteiger partial charge is 0.492 e. The zero-order valence-corrected chi connectivity index (χ0v) is 20.6. The lowest BCUT2D eigenvalue weighted by Crippen LogP contribution is -2.42. The van der Waals surface area contributed by atoms with Crippen molar-refractivity contribution in [1.82, 2.24) is 19.4 Å². The van der Waals surface area contributed by atoms with Gasteiger partial charge in [-0.3, -0.25) is 4.79 Å². The molecule has 1 aliphatic heterocycles. The van der Waals surface area contributed by atoms with Crippen molar-refractivity contribution in [2.75, 3.05) is 45.3 Å². The van der Waals surface area contributed by atoms with E-state index in [1.54, 1.807) is 4.90 Å². The van der Waals surface area contributed by atoms with Crippen LogP contribution in [0.4, 0.5) is 5.82 Å². The number of rotatable bonds is 9. The number of hydrogen-bond donors (Lipinski definition) is 1. The molecular weight excluding hydrogens is 446 g/mol. The molecule has 1 aliphatic rings. The van der Waals surface area contributed by atoms with Crippen LogP contribution in [0.3, 0.4) is 0 Å². The van der Waals surface area contributed by atoms with Gasteiger partial charge in [-0.15, -0.1) is 0 Å². The van der Waals surface area contributed by atoms with Gasteiger partial charge >= 0.3 is 0 Å². The van der Waals surface area contributed by atoms with Crippen molar-refractivity contribution >= 4 is 33.7 Å². The molecule has 3 heterocycles. The van der Waals surface area contributed by atoms with Crippen LogP contribution in [0.5, 0.6) is 5.75 Å². The molecule has 35 heavy (non-hydrogen) atoms. The molecule has 4 rings (SSSR count). The van der Waals surface area contributed by atoms with Gasteiger partial charge in [0.15, 0.2) is 12.4 Å². The average molecular weight is 480 g/mol. The third-order valence-electron chi connectivity index (χ3n) is 6.00. The first-order chi connectivity index (χ1) is 17.0. The number of morpholine rings is 1. The van der Waals surface area contributed by atoms with Crippen molar-refractivity contribution in [3.8, 4) is 5.75 Å². The van der Waals surface area contributed by atoms with Crippen LogP contribution in [0, 0.1) is 0 Å². The third kappa shape index (κ3) is 5.40. The van der Waals surface area contributed by atoms with Gasteiger partial charge in [0.2, 0.25) is 0 Å². The van der Waals surface area contributed by atoms with Gasteiger partial charge in [-0.2, -0.15) is 0 Å². The molecule has 0 spiro atoms. The van der Waals surface area contributed by atoms with Gasteiger partial charge < -0.3 is 29.4 Å². The second kappa shape index (κ2) is 11.2. The van der Waals surface area contributed by atoms with Gasteiger partial charge in [-0.25, -0.2) is 9.97 Å². The molecule has 0 aliphatic carbocycles. The Morgan fingerprint density at radius 1 is 1.23 bits per heavy atom. The number of carbonyl (C=O) groups excluding carboxylic acids is 1. The first-order valence-corrected chi connectivity index (χ1v) is 12.0. The molecule has 9 nitrogen and oxygen atoms in total. The van der Waals surface area contributed by atoms with E-state index in [2.05, 4.69) is 16.5 Å². The SMILES string of the molecule is C/C=C\C(=C/C)OCCn1c(CC)nc2c(N)nc3cc(OCC(=O)N4CCOCC4)ccc3c21. The Balaban J connectivity index is 1.59. The van der Waals surface area contributed by atoms with E-state index in [1.807, 2.05) is 50.3 Å². The highest BCUT2D eigenvalue weighted by Gasteiger charge is 2.19. The van der Waals surface area contributed by atoms with Crippen molar-refractivity contribution in [2.24, 2.45) is 0 Å². The third-order valence-corrected chi connectivity index (χ3v) is 6.00. The van der Waals surface area contributed by atoms with Crippen LogP contribution in [0.15, 0.2) is 42.2 Å². The van der Waals surface area contributed by atoms with Crippen molar-refractivity contribution in [3.63, 3.8) is 0 Å². The highest BCUT2D eigenvalue weighted by Crippen LogP contribution is 2.31. The number of carbonyl (C=O) groups is 1. The lowest BCUT2D eigenvalue weighted by atomic mass is 10.1. The molecule has 0 unspecified atom stereocenters. The fourth-order valence-corrected chi connectivity index (χ4v) is 4.23. The summed E-state index contributed by atoms with van der Waals surface area (Å²) in [6, 6.07) is 5.63. The van der Waals surface area contributed by atoms with E-state index in [4.69, 9.17) is 24.9 Å². The van der Waals surface area contributed by atoms with E-state index < -0.39 is 0 Å². The zero-order valence-electron chi connectivity index (χ0n) is 20.6. The Hall–Kier alpha value is -3.59. The quantitative estimate of drug-likeness (QED) is 0.370. The van der Waals surface area contributed by atoms with E-state index in [9.17, 15) is 4.79 Å². The number of nitrogen functional groups attached to an aromatic ring is 1. The second-order valence-corrected chi connectivity index (χ2v) is 8.23. The molecule has 2 N–H and O–H groups in total. The smallest absolute Gasteiger partial charge is 0.260 e. The van der Waals surface area contributed by atoms with E-state index in [-0.39, 0.29) is 12.5 Å². The topological polar surface area (TPSA) is 105 Å². The van der Waals surface area contributed by atoms with E-state index >= 15 is 0 Å². The minimum atomic E-state index is -0.0552. The monoisotopic (exact) mass is 479 g/mol. The molecule has 186 valence electrons. The number of amides is 1. The summed E-state index contributed by atoms with van der Waals surface area (Å²) in [4.78, 5) is 23.5. The van der Waals surface area contributed by atoms with Crippen molar-refractivity contribution in [3.05, 3.63) is 48.0 Å². The summed E-state index contributed by atoms with van der Waals surface area (Å²) in [7, 11) is 0. The average Bonchev–Trinajstić information content (AvgIpc) is 3.26. The number of pyridine rings is 1. The van der Waals surface area contributed by atoms with Gasteiger partial charge in [0.1, 0.15) is 29.5 Å². The molecule has 1 aromatic carbocycles. The fourth-order valence-electron chi connectivity index (χ4n) is 4.23. The number of anilines is 1. The van der Waals surface area contributed by atoms with Gasteiger partial charge in [0, 0.05) is 31.0 Å². The minimum Gasteiger partial charge on any atom is -0.492 e. The number of fused-ring (bicyclic) bond motifs is 3. The second-order valence-electron chi connectivity index (χ2n) is 8.23. The highest BCUT2D eigenvalue weighted by molar-refractivity contribution is 6.07. The molecule has 1 fully saturated rings. The summed E-state index contributed by atoms with van der Waals surface area (Å²) in [5, 5.41) is 0.924. The number of nitrogens with zero attached hydrogens (tertiary/aromatic N) is 4. The highest BCUT2D eigenvalue weighted by atomic mass is 16.5. The number of ether oxygens (including phenoxy) is 3. The number of benzene rings is 1. The zero-order chi connectivity index (χ0) is 24.8. The summed E-state index contributed by atoms with van der Waals surface area (Å²) >= 11 is 0. The maximum absolute atomic E-state index is 12.4. The van der Waals surface area contributed by atoms with Crippen LogP contribution in [-0.2, 0) is 27.2 Å². The predicted molar refractivity (Wildman–Crippen MR) is 136 cm³/mol. The number of allylic oxidation sites excluding steroid dienone is 3. The van der Waals surface area contributed by atoms with Crippen molar-refractivity contribution in [1.29, 1.82) is 0 Å². The van der Waals surface area contributed by atoms with Gasteiger partial charge in [0.05, 0.1) is 30.8 Å². The van der Waals surface area contributed by atoms with Gasteiger partial charge in [-0.05, 0) is 38.1 Å². The molecule has 3 aromatic rings. The van der Waals surface area contributed by atoms with Crippen molar-refractivity contribution in [2.45, 2.75) is 33.7 Å². The summed E-state index contributed by atoms with van der Waals surface area (Å²) < 4.78 is 19.2. The standard InChI is InChI=1S/C26H33N5O4/c1-4-7-18(5-2)34-15-12-31-22(6-3)29-24-25(31)20-9-8-19(16-21(20)28-26(24)27)35-17-23(32)30-10-13-33-14-11-30/h4-5,7-9,16H,6,10-15,17H2,1-3H3,(H2,27,28)/b7-4-,18-5+. The summed E-state index contributed by atoms with van der Waals surface area (Å²) in [5.41, 5.74) is 8.62. The Bertz CT molecular complexity index is 1260. The summed E-state index contributed by atoms with van der Waals surface area (Å²) in [6.45, 7) is 9.38. The van der Waals surface area contributed by atoms with E-state index in [0.29, 0.717) is 62.1 Å². The first kappa shape index (κ1) is 24.5. The molecule has 0 radical (unpaired) electrons. The summed E-state index contributed by atoms with van der Waals surface area (Å²) in [6.07, 6.45) is 6.59. The molecular formula is C26H33N5O4. The van der Waals surface area contributed by atoms with Gasteiger partial charge in [0.25, 0.3) is 5.91 Å². The van der Waals surface area contributed by atoms with E-state index in [1.165, 1.54) is 0 Å². The molecule has 0 bridgehead atoms. The minimum absolute atomic E-state index is 0.0298. The van der Waals surface area contributed by atoms with Crippen LogP contribution < -0.4 is 10.5 Å². The van der Waals surface area contributed by atoms with Crippen LogP contribution in [0.2, 0.25) is 0 Å². The lowest BCUT2D eigenvalue weighted by molar-refractivity contribution is -0.137. The number of hydrogen-bond acceptors (Lipinski definition) is 7. The lowest BCUT2D eigenvalue weighted by Gasteiger charge is -2.26. The molecule has 0 saturated carbocycles.